The van der Waals surface area contributed by atoms with Crippen molar-refractivity contribution in [2.75, 3.05) is 7.11 Å². The number of allylic oxidation sites excluding steroid dienone is 1. The molecule has 1 saturated carbocycles. The maximum atomic E-state index is 11.8. The van der Waals surface area contributed by atoms with E-state index < -0.39 is 8.07 Å². The SMILES string of the molecule is COC(=O)/C(=C\CC1CCCCC1)[Si](C)(C)C. The number of carbonyl (C=O) groups excluding carboxylic acids is 1. The summed E-state index contributed by atoms with van der Waals surface area (Å²) < 4.78 is 4.91. The lowest BCUT2D eigenvalue weighted by Gasteiger charge is -2.23. The highest BCUT2D eigenvalue weighted by atomic mass is 28.3. The molecule has 0 N–H and O–H groups in total. The molecule has 0 unspecified atom stereocenters. The molecular formula is C14H26O2Si. The second kappa shape index (κ2) is 6.38. The Balaban J connectivity index is 2.65. The van der Waals surface area contributed by atoms with Gasteiger partial charge >= 0.3 is 5.97 Å². The normalized spacial score (nSPS) is 19.2. The summed E-state index contributed by atoms with van der Waals surface area (Å²) in [6.07, 6.45) is 10.0. The predicted molar refractivity (Wildman–Crippen MR) is 74.6 cm³/mol. The fourth-order valence-electron chi connectivity index (χ4n) is 2.51. The van der Waals surface area contributed by atoms with Crippen molar-refractivity contribution in [3.8, 4) is 0 Å². The molecule has 0 aromatic carbocycles. The van der Waals surface area contributed by atoms with Crippen LogP contribution in [-0.2, 0) is 9.53 Å². The summed E-state index contributed by atoms with van der Waals surface area (Å²) in [5.74, 6) is 0.680. The van der Waals surface area contributed by atoms with Gasteiger partial charge in [0.15, 0.2) is 0 Å². The van der Waals surface area contributed by atoms with Crippen LogP contribution in [0.3, 0.4) is 0 Å². The quantitative estimate of drug-likeness (QED) is 0.431. The molecule has 2 nitrogen and oxygen atoms in total. The highest BCUT2D eigenvalue weighted by molar-refractivity contribution is 6.87. The van der Waals surface area contributed by atoms with E-state index in [0.29, 0.717) is 0 Å². The molecule has 0 amide bonds. The molecule has 1 aliphatic rings. The zero-order valence-electron chi connectivity index (χ0n) is 11.7. The van der Waals surface area contributed by atoms with Crippen LogP contribution in [-0.4, -0.2) is 21.2 Å². The molecule has 17 heavy (non-hydrogen) atoms. The lowest BCUT2D eigenvalue weighted by molar-refractivity contribution is -0.135. The fourth-order valence-corrected chi connectivity index (χ4v) is 3.96. The van der Waals surface area contributed by atoms with Gasteiger partial charge in [-0.2, -0.15) is 0 Å². The van der Waals surface area contributed by atoms with Gasteiger partial charge in [-0.3, -0.25) is 0 Å². The molecule has 0 saturated heterocycles. The highest BCUT2D eigenvalue weighted by Crippen LogP contribution is 2.28. The number of carbonyl (C=O) groups is 1. The Morgan fingerprint density at radius 2 is 1.82 bits per heavy atom. The molecular weight excluding hydrogens is 228 g/mol. The monoisotopic (exact) mass is 254 g/mol. The molecule has 3 heteroatoms. The second-order valence-electron chi connectivity index (χ2n) is 6.10. The van der Waals surface area contributed by atoms with Crippen LogP contribution in [0.1, 0.15) is 38.5 Å². The molecule has 98 valence electrons. The largest absolute Gasteiger partial charge is 0.466 e. The van der Waals surface area contributed by atoms with Crippen molar-refractivity contribution in [3.05, 3.63) is 11.3 Å². The Kier molecular flexibility index (Phi) is 5.44. The second-order valence-corrected chi connectivity index (χ2v) is 11.1. The zero-order chi connectivity index (χ0) is 12.9. The van der Waals surface area contributed by atoms with Gasteiger partial charge in [0.25, 0.3) is 0 Å². The van der Waals surface area contributed by atoms with Gasteiger partial charge in [-0.25, -0.2) is 4.79 Å². The maximum absolute atomic E-state index is 11.8. The Morgan fingerprint density at radius 3 is 2.29 bits per heavy atom. The van der Waals surface area contributed by atoms with Crippen LogP contribution in [0.2, 0.25) is 19.6 Å². The first-order valence-electron chi connectivity index (χ1n) is 6.74. The number of methoxy groups -OCH3 is 1. The average Bonchev–Trinajstić information content (AvgIpc) is 2.28. The van der Waals surface area contributed by atoms with Crippen molar-refractivity contribution in [2.45, 2.75) is 58.2 Å². The number of ether oxygens (including phenoxy) is 1. The Labute approximate surface area is 106 Å². The Hall–Kier alpha value is -0.573. The Bertz CT molecular complexity index is 283. The van der Waals surface area contributed by atoms with Gasteiger partial charge in [-0.1, -0.05) is 57.8 Å². The summed E-state index contributed by atoms with van der Waals surface area (Å²) in [5, 5.41) is 0.963. The standard InChI is InChI=1S/C14H26O2Si/c1-16-14(15)13(17(2,3)4)11-10-12-8-6-5-7-9-12/h11-12H,5-10H2,1-4H3/b13-11+. The molecule has 0 atom stereocenters. The van der Waals surface area contributed by atoms with E-state index >= 15 is 0 Å². The first-order valence-corrected chi connectivity index (χ1v) is 10.2. The molecule has 0 radical (unpaired) electrons. The van der Waals surface area contributed by atoms with Gasteiger partial charge in [0.05, 0.1) is 15.2 Å². The first-order chi connectivity index (χ1) is 7.95. The third kappa shape index (κ3) is 4.66. The topological polar surface area (TPSA) is 26.3 Å². The molecule has 1 aliphatic carbocycles. The van der Waals surface area contributed by atoms with Crippen LogP contribution < -0.4 is 0 Å². The summed E-state index contributed by atoms with van der Waals surface area (Å²) in [6, 6.07) is 0. The summed E-state index contributed by atoms with van der Waals surface area (Å²) in [5.41, 5.74) is 0. The predicted octanol–water partition coefficient (Wildman–Crippen LogP) is 3.93. The van der Waals surface area contributed by atoms with Crippen LogP contribution >= 0.6 is 0 Å². The van der Waals surface area contributed by atoms with Crippen molar-refractivity contribution in [2.24, 2.45) is 5.92 Å². The van der Waals surface area contributed by atoms with Crippen molar-refractivity contribution >= 4 is 14.0 Å². The van der Waals surface area contributed by atoms with Gasteiger partial charge in [0, 0.05) is 5.20 Å². The summed E-state index contributed by atoms with van der Waals surface area (Å²) in [6.45, 7) is 6.61. The minimum absolute atomic E-state index is 0.111. The van der Waals surface area contributed by atoms with Gasteiger partial charge in [-0.05, 0) is 12.3 Å². The first kappa shape index (κ1) is 14.5. The molecule has 1 fully saturated rings. The van der Waals surface area contributed by atoms with Gasteiger partial charge < -0.3 is 4.74 Å². The smallest absolute Gasteiger partial charge is 0.329 e. The third-order valence-corrected chi connectivity index (χ3v) is 5.62. The van der Waals surface area contributed by atoms with E-state index in [9.17, 15) is 4.79 Å². The molecule has 0 heterocycles. The van der Waals surface area contributed by atoms with Crippen LogP contribution in [0.5, 0.6) is 0 Å². The number of hydrogen-bond acceptors (Lipinski definition) is 2. The van der Waals surface area contributed by atoms with Crippen LogP contribution in [0, 0.1) is 5.92 Å². The third-order valence-electron chi connectivity index (χ3n) is 3.59. The zero-order valence-corrected chi connectivity index (χ0v) is 12.7. The van der Waals surface area contributed by atoms with E-state index in [1.54, 1.807) is 0 Å². The average molecular weight is 254 g/mol. The number of hydrogen-bond donors (Lipinski definition) is 0. The van der Waals surface area contributed by atoms with E-state index in [1.807, 2.05) is 0 Å². The van der Waals surface area contributed by atoms with Crippen molar-refractivity contribution in [1.29, 1.82) is 0 Å². The summed E-state index contributed by atoms with van der Waals surface area (Å²) >= 11 is 0. The van der Waals surface area contributed by atoms with E-state index in [2.05, 4.69) is 25.7 Å². The van der Waals surface area contributed by atoms with Crippen LogP contribution in [0.25, 0.3) is 0 Å². The molecule has 1 rings (SSSR count). The van der Waals surface area contributed by atoms with Crippen LogP contribution in [0.15, 0.2) is 11.3 Å². The minimum Gasteiger partial charge on any atom is -0.466 e. The molecule has 0 aliphatic heterocycles. The van der Waals surface area contributed by atoms with E-state index in [0.717, 1.165) is 17.5 Å². The Morgan fingerprint density at radius 1 is 1.24 bits per heavy atom. The van der Waals surface area contributed by atoms with Gasteiger partial charge in [-0.15, -0.1) is 0 Å². The van der Waals surface area contributed by atoms with E-state index in [-0.39, 0.29) is 5.97 Å². The maximum Gasteiger partial charge on any atom is 0.329 e. The van der Waals surface area contributed by atoms with Crippen LogP contribution in [0.4, 0.5) is 0 Å². The molecule has 0 aromatic rings. The number of esters is 1. The number of rotatable bonds is 4. The molecule has 0 spiro atoms. The van der Waals surface area contributed by atoms with Crippen molar-refractivity contribution in [3.63, 3.8) is 0 Å². The van der Waals surface area contributed by atoms with Crippen molar-refractivity contribution < 1.29 is 9.53 Å². The summed E-state index contributed by atoms with van der Waals surface area (Å²) in [4.78, 5) is 11.8. The summed E-state index contributed by atoms with van der Waals surface area (Å²) in [7, 11) is -0.0856. The van der Waals surface area contributed by atoms with Gasteiger partial charge in [0.1, 0.15) is 0 Å². The van der Waals surface area contributed by atoms with E-state index in [1.165, 1.54) is 39.2 Å². The lowest BCUT2D eigenvalue weighted by atomic mass is 9.87. The molecule has 0 bridgehead atoms. The van der Waals surface area contributed by atoms with E-state index in [4.69, 9.17) is 4.74 Å². The highest BCUT2D eigenvalue weighted by Gasteiger charge is 2.26. The fraction of sp³-hybridized carbons (Fsp3) is 0.786. The minimum atomic E-state index is -1.57. The van der Waals surface area contributed by atoms with Crippen molar-refractivity contribution in [1.82, 2.24) is 0 Å². The molecule has 0 aromatic heterocycles. The lowest BCUT2D eigenvalue weighted by Crippen LogP contribution is -2.30. The van der Waals surface area contributed by atoms with Gasteiger partial charge in [0.2, 0.25) is 0 Å².